The second kappa shape index (κ2) is 9.19. The third kappa shape index (κ3) is 3.92. The maximum Gasteiger partial charge on any atom is 0.282 e. The zero-order valence-electron chi connectivity index (χ0n) is 19.6. The Balaban J connectivity index is 1.77. The fourth-order valence-corrected chi connectivity index (χ4v) is 4.90. The maximum absolute atomic E-state index is 13.7. The Hall–Kier alpha value is -3.08. The quantitative estimate of drug-likeness (QED) is 0.609. The van der Waals surface area contributed by atoms with E-state index in [1.165, 1.54) is 11.3 Å². The van der Waals surface area contributed by atoms with Crippen LogP contribution in [0.25, 0.3) is 5.57 Å². The standard InChI is InChI=1S/C27H33N3O2/c1-5-28(6-2)21-11-13-22(14-12-21)30-26(31)24(23-15-10-19(3)18-20(23)4)25(27(30)32)29-16-8-7-9-17-29/h10-15,18H,5-9,16-17H2,1-4H3. The van der Waals surface area contributed by atoms with Crippen LogP contribution in [-0.2, 0) is 9.59 Å². The average Bonchev–Trinajstić information content (AvgIpc) is 3.06. The second-order valence-electron chi connectivity index (χ2n) is 8.72. The Labute approximate surface area is 191 Å². The Morgan fingerprint density at radius 3 is 2.09 bits per heavy atom. The minimum absolute atomic E-state index is 0.206. The van der Waals surface area contributed by atoms with Gasteiger partial charge in [0.15, 0.2) is 0 Å². The number of aryl methyl sites for hydroxylation is 2. The number of imide groups is 1. The maximum atomic E-state index is 13.7. The molecule has 2 amide bonds. The fraction of sp³-hybridized carbons (Fsp3) is 0.407. The molecule has 2 aliphatic heterocycles. The largest absolute Gasteiger partial charge is 0.372 e. The fourth-order valence-electron chi connectivity index (χ4n) is 4.90. The van der Waals surface area contributed by atoms with Crippen LogP contribution in [0.15, 0.2) is 48.2 Å². The highest BCUT2D eigenvalue weighted by Crippen LogP contribution is 2.37. The van der Waals surface area contributed by atoms with Crippen molar-refractivity contribution in [3.8, 4) is 0 Å². The van der Waals surface area contributed by atoms with E-state index in [2.05, 4.69) is 29.7 Å². The van der Waals surface area contributed by atoms with Gasteiger partial charge in [0.2, 0.25) is 0 Å². The van der Waals surface area contributed by atoms with Gasteiger partial charge in [-0.1, -0.05) is 23.8 Å². The van der Waals surface area contributed by atoms with Gasteiger partial charge >= 0.3 is 0 Å². The van der Waals surface area contributed by atoms with E-state index in [-0.39, 0.29) is 11.8 Å². The zero-order valence-corrected chi connectivity index (χ0v) is 19.6. The molecule has 1 fully saturated rings. The van der Waals surface area contributed by atoms with Gasteiger partial charge in [0.05, 0.1) is 11.3 Å². The molecule has 0 atom stereocenters. The van der Waals surface area contributed by atoms with Gasteiger partial charge in [-0.15, -0.1) is 0 Å². The van der Waals surface area contributed by atoms with Crippen molar-refractivity contribution in [3.05, 3.63) is 64.9 Å². The van der Waals surface area contributed by atoms with Crippen molar-refractivity contribution < 1.29 is 9.59 Å². The molecule has 0 bridgehead atoms. The minimum atomic E-state index is -0.224. The van der Waals surface area contributed by atoms with E-state index in [0.29, 0.717) is 17.0 Å². The number of nitrogens with zero attached hydrogens (tertiary/aromatic N) is 3. The average molecular weight is 432 g/mol. The number of carbonyl (C=O) groups is 2. The van der Waals surface area contributed by atoms with E-state index >= 15 is 0 Å². The number of carbonyl (C=O) groups excluding carboxylic acids is 2. The summed E-state index contributed by atoms with van der Waals surface area (Å²) < 4.78 is 0. The monoisotopic (exact) mass is 431 g/mol. The summed E-state index contributed by atoms with van der Waals surface area (Å²) in [5, 5.41) is 0. The first-order valence-corrected chi connectivity index (χ1v) is 11.8. The van der Waals surface area contributed by atoms with Crippen LogP contribution in [0.3, 0.4) is 0 Å². The molecule has 0 unspecified atom stereocenters. The van der Waals surface area contributed by atoms with Gasteiger partial charge in [-0.2, -0.15) is 0 Å². The summed E-state index contributed by atoms with van der Waals surface area (Å²) in [5.41, 5.74) is 5.86. The minimum Gasteiger partial charge on any atom is -0.372 e. The molecule has 5 nitrogen and oxygen atoms in total. The molecular formula is C27H33N3O2. The third-order valence-corrected chi connectivity index (χ3v) is 6.62. The van der Waals surface area contributed by atoms with Gasteiger partial charge in [0.1, 0.15) is 5.70 Å². The third-order valence-electron chi connectivity index (χ3n) is 6.62. The Morgan fingerprint density at radius 1 is 0.844 bits per heavy atom. The van der Waals surface area contributed by atoms with E-state index in [0.717, 1.165) is 61.4 Å². The van der Waals surface area contributed by atoms with Gasteiger partial charge in [-0.3, -0.25) is 9.59 Å². The molecule has 0 spiro atoms. The predicted octanol–water partition coefficient (Wildman–Crippen LogP) is 4.92. The molecule has 2 aromatic carbocycles. The molecule has 0 radical (unpaired) electrons. The smallest absolute Gasteiger partial charge is 0.282 e. The summed E-state index contributed by atoms with van der Waals surface area (Å²) in [6, 6.07) is 13.9. The van der Waals surface area contributed by atoms with E-state index in [9.17, 15) is 9.59 Å². The molecule has 0 N–H and O–H groups in total. The van der Waals surface area contributed by atoms with Crippen molar-refractivity contribution in [1.29, 1.82) is 0 Å². The van der Waals surface area contributed by atoms with Crippen LogP contribution in [0, 0.1) is 13.8 Å². The van der Waals surface area contributed by atoms with Crippen molar-refractivity contribution in [3.63, 3.8) is 0 Å². The highest BCUT2D eigenvalue weighted by molar-refractivity contribution is 6.45. The summed E-state index contributed by atoms with van der Waals surface area (Å²) in [4.78, 5) is 33.2. The molecule has 32 heavy (non-hydrogen) atoms. The van der Waals surface area contributed by atoms with Crippen LogP contribution in [0.2, 0.25) is 0 Å². The van der Waals surface area contributed by atoms with Crippen LogP contribution >= 0.6 is 0 Å². The van der Waals surface area contributed by atoms with Crippen molar-refractivity contribution in [2.75, 3.05) is 36.0 Å². The number of benzene rings is 2. The molecule has 4 rings (SSSR count). The number of anilines is 2. The zero-order chi connectivity index (χ0) is 22.8. The first kappa shape index (κ1) is 22.1. The number of likely N-dealkylation sites (tertiary alicyclic amines) is 1. The first-order valence-electron chi connectivity index (χ1n) is 11.8. The normalized spacial score (nSPS) is 16.9. The Morgan fingerprint density at radius 2 is 1.50 bits per heavy atom. The lowest BCUT2D eigenvalue weighted by molar-refractivity contribution is -0.120. The molecule has 1 saturated heterocycles. The predicted molar refractivity (Wildman–Crippen MR) is 131 cm³/mol. The first-order chi connectivity index (χ1) is 15.5. The Kier molecular flexibility index (Phi) is 6.35. The van der Waals surface area contributed by atoms with Gasteiger partial charge in [0.25, 0.3) is 11.8 Å². The van der Waals surface area contributed by atoms with Gasteiger partial charge in [-0.05, 0) is 82.3 Å². The van der Waals surface area contributed by atoms with Crippen LogP contribution in [-0.4, -0.2) is 42.9 Å². The van der Waals surface area contributed by atoms with E-state index in [4.69, 9.17) is 0 Å². The lowest BCUT2D eigenvalue weighted by Crippen LogP contribution is -2.37. The summed E-state index contributed by atoms with van der Waals surface area (Å²) in [6.07, 6.45) is 3.26. The van der Waals surface area contributed by atoms with Crippen LogP contribution in [0.4, 0.5) is 11.4 Å². The number of piperidine rings is 1. The Bertz CT molecular complexity index is 1050. The van der Waals surface area contributed by atoms with Crippen molar-refractivity contribution in [2.45, 2.75) is 47.0 Å². The number of rotatable bonds is 6. The lowest BCUT2D eigenvalue weighted by atomic mass is 9.97. The van der Waals surface area contributed by atoms with Crippen molar-refractivity contribution in [2.24, 2.45) is 0 Å². The molecule has 2 aliphatic rings. The summed E-state index contributed by atoms with van der Waals surface area (Å²) in [5.74, 6) is -0.430. The van der Waals surface area contributed by atoms with E-state index in [1.807, 2.05) is 50.2 Å². The van der Waals surface area contributed by atoms with Crippen LogP contribution < -0.4 is 9.80 Å². The van der Waals surface area contributed by atoms with Crippen molar-refractivity contribution in [1.82, 2.24) is 4.90 Å². The molecule has 0 aromatic heterocycles. The SMILES string of the molecule is CCN(CC)c1ccc(N2C(=O)C(c3ccc(C)cc3C)=C(N3CCCCC3)C2=O)cc1. The topological polar surface area (TPSA) is 43.9 Å². The lowest BCUT2D eigenvalue weighted by Gasteiger charge is -2.29. The van der Waals surface area contributed by atoms with Crippen LogP contribution in [0.1, 0.15) is 49.8 Å². The second-order valence-corrected chi connectivity index (χ2v) is 8.72. The van der Waals surface area contributed by atoms with E-state index in [1.54, 1.807) is 0 Å². The molecule has 0 aliphatic carbocycles. The van der Waals surface area contributed by atoms with Gasteiger partial charge in [-0.25, -0.2) is 4.90 Å². The summed E-state index contributed by atoms with van der Waals surface area (Å²) in [6.45, 7) is 11.8. The van der Waals surface area contributed by atoms with E-state index < -0.39 is 0 Å². The number of hydrogen-bond acceptors (Lipinski definition) is 4. The summed E-state index contributed by atoms with van der Waals surface area (Å²) >= 11 is 0. The molecule has 5 heteroatoms. The summed E-state index contributed by atoms with van der Waals surface area (Å²) in [7, 11) is 0. The molecule has 0 saturated carbocycles. The van der Waals surface area contributed by atoms with Crippen LogP contribution in [0.5, 0.6) is 0 Å². The highest BCUT2D eigenvalue weighted by atomic mass is 16.2. The van der Waals surface area contributed by atoms with Gasteiger partial charge < -0.3 is 9.80 Å². The highest BCUT2D eigenvalue weighted by Gasteiger charge is 2.43. The number of amides is 2. The molecular weight excluding hydrogens is 398 g/mol. The number of hydrogen-bond donors (Lipinski definition) is 0. The van der Waals surface area contributed by atoms with Gasteiger partial charge in [0, 0.05) is 31.9 Å². The van der Waals surface area contributed by atoms with Crippen molar-refractivity contribution >= 4 is 28.8 Å². The molecule has 2 heterocycles. The molecule has 2 aromatic rings. The molecule has 168 valence electrons.